The molecule has 9 heteroatoms. The quantitative estimate of drug-likeness (QED) is 0.0274. The van der Waals surface area contributed by atoms with Gasteiger partial charge in [0.15, 0.2) is 0 Å². The number of benzene rings is 1. The zero-order valence-electron chi connectivity index (χ0n) is 29.8. The predicted octanol–water partition coefficient (Wildman–Crippen LogP) is 8.34. The van der Waals surface area contributed by atoms with Crippen molar-refractivity contribution in [1.29, 1.82) is 0 Å². The van der Waals surface area contributed by atoms with Crippen LogP contribution in [0.5, 0.6) is 0 Å². The van der Waals surface area contributed by atoms with Crippen molar-refractivity contribution < 1.29 is 61.6 Å². The average molecular weight is 685 g/mol. The maximum atomic E-state index is 12.9. The van der Waals surface area contributed by atoms with Gasteiger partial charge in [0.1, 0.15) is 10.1 Å². The third kappa shape index (κ3) is 23.5. The molecule has 0 aromatic heterocycles. The zero-order chi connectivity index (χ0) is 33.7. The number of allylic oxidation sites excluding steroid dienone is 2. The zero-order valence-corrected chi connectivity index (χ0v) is 32.6. The van der Waals surface area contributed by atoms with Gasteiger partial charge in [0.05, 0.1) is 28.5 Å². The Balaban J connectivity index is 0.0000212. The molecule has 0 amide bonds. The predicted molar refractivity (Wildman–Crippen MR) is 186 cm³/mol. The van der Waals surface area contributed by atoms with E-state index in [1.807, 2.05) is 0 Å². The number of hydrogen-bond acceptors (Lipinski definition) is 7. The molecule has 0 radical (unpaired) electrons. The summed E-state index contributed by atoms with van der Waals surface area (Å²) in [5, 5.41) is 0. The number of hydrogen-bond donors (Lipinski definition) is 0. The summed E-state index contributed by atoms with van der Waals surface area (Å²) in [4.78, 5) is 24.8. The molecule has 0 bridgehead atoms. The van der Waals surface area contributed by atoms with Crippen LogP contribution in [0, 0.1) is 0 Å². The van der Waals surface area contributed by atoms with E-state index in [0.717, 1.165) is 44.6 Å². The van der Waals surface area contributed by atoms with Crippen LogP contribution in [0.3, 0.4) is 0 Å². The Labute approximate surface area is 308 Å². The molecule has 0 aliphatic carbocycles. The fraction of sp³-hybridized carbons (Fsp3) is 0.684. The molecule has 1 aromatic rings. The van der Waals surface area contributed by atoms with E-state index in [9.17, 15) is 22.6 Å². The number of esters is 2. The minimum Gasteiger partial charge on any atom is -0.744 e. The fourth-order valence-corrected chi connectivity index (χ4v) is 6.14. The maximum absolute atomic E-state index is 12.9. The van der Waals surface area contributed by atoms with Crippen LogP contribution in [-0.4, -0.2) is 24.9 Å². The second kappa shape index (κ2) is 30.6. The molecular weight excluding hydrogens is 623 g/mol. The van der Waals surface area contributed by atoms with E-state index in [1.54, 1.807) is 12.2 Å². The summed E-state index contributed by atoms with van der Waals surface area (Å²) in [5.74, 6) is -2.03. The first-order valence-corrected chi connectivity index (χ1v) is 19.5. The van der Waals surface area contributed by atoms with Gasteiger partial charge in [0.2, 0.25) is 0 Å². The van der Waals surface area contributed by atoms with Crippen LogP contribution < -0.4 is 29.6 Å². The molecule has 0 heterocycles. The minimum atomic E-state index is -5.04. The van der Waals surface area contributed by atoms with E-state index in [1.165, 1.54) is 134 Å². The molecular formula is C38H61NaO7S. The van der Waals surface area contributed by atoms with Gasteiger partial charge in [-0.15, -0.1) is 0 Å². The number of unbranched alkanes of at least 4 members (excludes halogenated alkanes) is 22. The van der Waals surface area contributed by atoms with Crippen molar-refractivity contribution in [1.82, 2.24) is 0 Å². The molecule has 0 N–H and O–H groups in total. The van der Waals surface area contributed by atoms with Crippen molar-refractivity contribution in [3.63, 3.8) is 0 Å². The van der Waals surface area contributed by atoms with Crippen molar-refractivity contribution in [2.75, 3.05) is 0 Å². The molecule has 0 spiro atoms. The summed E-state index contributed by atoms with van der Waals surface area (Å²) < 4.78 is 46.0. The molecule has 1 aromatic carbocycles. The van der Waals surface area contributed by atoms with Crippen LogP contribution in [0.1, 0.15) is 189 Å². The van der Waals surface area contributed by atoms with Crippen LogP contribution >= 0.6 is 0 Å². The van der Waals surface area contributed by atoms with Crippen LogP contribution in [0.4, 0.5) is 0 Å². The molecule has 0 unspecified atom stereocenters. The maximum Gasteiger partial charge on any atom is 1.00 e. The standard InChI is InChI=1S/C38H62O7S.Na/c1-3-5-7-9-11-13-15-17-19-21-23-25-27-32-44-37(39)34-30-29-31-35(46(41,42)43)36(34)38(40)45-33-28-26-24-22-20-18-16-14-12-10-8-6-4-2;/h27-33H,3-26H2,1-2H3,(H,41,42,43);/q;+1/p-1/b32-27+,33-28+;. The summed E-state index contributed by atoms with van der Waals surface area (Å²) in [7, 11) is -5.04. The van der Waals surface area contributed by atoms with Crippen molar-refractivity contribution in [2.24, 2.45) is 0 Å². The second-order valence-corrected chi connectivity index (χ2v) is 13.7. The molecule has 0 saturated heterocycles. The van der Waals surface area contributed by atoms with Crippen molar-refractivity contribution in [3.8, 4) is 0 Å². The van der Waals surface area contributed by atoms with E-state index in [2.05, 4.69) is 13.8 Å². The number of carbonyl (C=O) groups excluding carboxylic acids is 2. The van der Waals surface area contributed by atoms with Crippen molar-refractivity contribution >= 4 is 22.1 Å². The molecule has 0 saturated carbocycles. The van der Waals surface area contributed by atoms with Gasteiger partial charge in [0.25, 0.3) is 0 Å². The van der Waals surface area contributed by atoms with Gasteiger partial charge in [-0.3, -0.25) is 0 Å². The Bertz CT molecular complexity index is 1120. The second-order valence-electron chi connectivity index (χ2n) is 12.3. The van der Waals surface area contributed by atoms with Crippen LogP contribution in [0.25, 0.3) is 0 Å². The first kappa shape index (κ1) is 45.6. The first-order chi connectivity index (χ1) is 22.3. The molecule has 1 rings (SSSR count). The monoisotopic (exact) mass is 684 g/mol. The topological polar surface area (TPSA) is 110 Å². The normalized spacial score (nSPS) is 11.6. The number of ether oxygens (including phenoxy) is 2. The largest absolute Gasteiger partial charge is 1.00 e. The summed E-state index contributed by atoms with van der Waals surface area (Å²) in [6.45, 7) is 4.46. The minimum absolute atomic E-state index is 0. The van der Waals surface area contributed by atoms with Crippen molar-refractivity contribution in [3.05, 3.63) is 54.0 Å². The van der Waals surface area contributed by atoms with Gasteiger partial charge in [-0.1, -0.05) is 148 Å². The fourth-order valence-electron chi connectivity index (χ4n) is 5.45. The molecule has 262 valence electrons. The van der Waals surface area contributed by atoms with Crippen LogP contribution in [0.2, 0.25) is 0 Å². The molecule has 7 nitrogen and oxygen atoms in total. The first-order valence-electron chi connectivity index (χ1n) is 18.1. The number of carbonyl (C=O) groups is 2. The summed E-state index contributed by atoms with van der Waals surface area (Å²) in [6.07, 6.45) is 34.6. The summed E-state index contributed by atoms with van der Waals surface area (Å²) in [5.41, 5.74) is -0.944. The third-order valence-electron chi connectivity index (χ3n) is 8.21. The summed E-state index contributed by atoms with van der Waals surface area (Å²) in [6, 6.07) is 3.47. The molecule has 0 aliphatic heterocycles. The molecule has 0 aliphatic rings. The Morgan fingerprint density at radius 3 is 1.34 bits per heavy atom. The summed E-state index contributed by atoms with van der Waals surface area (Å²) >= 11 is 0. The van der Waals surface area contributed by atoms with E-state index < -0.39 is 32.5 Å². The van der Waals surface area contributed by atoms with Gasteiger partial charge in [-0.2, -0.15) is 0 Å². The number of rotatable bonds is 29. The van der Waals surface area contributed by atoms with Gasteiger partial charge in [-0.05, 0) is 50.0 Å². The van der Waals surface area contributed by atoms with E-state index in [0.29, 0.717) is 6.42 Å². The van der Waals surface area contributed by atoms with Gasteiger partial charge in [-0.25, -0.2) is 18.0 Å². The Morgan fingerprint density at radius 2 is 0.957 bits per heavy atom. The van der Waals surface area contributed by atoms with E-state index >= 15 is 0 Å². The third-order valence-corrected chi connectivity index (χ3v) is 9.09. The van der Waals surface area contributed by atoms with E-state index in [4.69, 9.17) is 9.47 Å². The van der Waals surface area contributed by atoms with Gasteiger partial charge >= 0.3 is 41.5 Å². The average Bonchev–Trinajstić information content (AvgIpc) is 3.04. The molecule has 0 fully saturated rings. The smallest absolute Gasteiger partial charge is 0.744 e. The van der Waals surface area contributed by atoms with E-state index in [-0.39, 0.29) is 35.1 Å². The molecule has 47 heavy (non-hydrogen) atoms. The van der Waals surface area contributed by atoms with Crippen LogP contribution in [0.15, 0.2) is 47.8 Å². The SMILES string of the molecule is CCCCCCCCCCCCC/C=C/OC(=O)c1cccc(S(=O)(=O)[O-])c1C(=O)O/C=C/CCCCCCCCCCCCC.[Na+]. The Morgan fingerprint density at radius 1 is 0.596 bits per heavy atom. The van der Waals surface area contributed by atoms with Gasteiger partial charge in [0, 0.05) is 0 Å². The molecule has 0 atom stereocenters. The van der Waals surface area contributed by atoms with Crippen LogP contribution in [-0.2, 0) is 19.6 Å². The van der Waals surface area contributed by atoms with Crippen molar-refractivity contribution in [2.45, 2.75) is 173 Å². The van der Waals surface area contributed by atoms with Gasteiger partial charge < -0.3 is 14.0 Å². The Kier molecular flexibility index (Phi) is 29.7. The Hall–Kier alpha value is -1.45.